The van der Waals surface area contributed by atoms with Crippen LogP contribution in [0.15, 0.2) is 24.5 Å². The van der Waals surface area contributed by atoms with E-state index >= 15 is 0 Å². The van der Waals surface area contributed by atoms with Gasteiger partial charge in [-0.1, -0.05) is 0 Å². The Kier molecular flexibility index (Phi) is 7.20. The van der Waals surface area contributed by atoms with E-state index in [4.69, 9.17) is 9.47 Å². The summed E-state index contributed by atoms with van der Waals surface area (Å²) < 4.78 is 11.5. The lowest BCUT2D eigenvalue weighted by atomic mass is 9.84. The normalized spacial score (nSPS) is 28.7. The van der Waals surface area contributed by atoms with Gasteiger partial charge in [0.05, 0.1) is 32.3 Å². The summed E-state index contributed by atoms with van der Waals surface area (Å²) in [5, 5.41) is 3.03. The van der Waals surface area contributed by atoms with Crippen LogP contribution in [0.5, 0.6) is 0 Å². The molecule has 0 unspecified atom stereocenters. The van der Waals surface area contributed by atoms with E-state index in [1.165, 1.54) is 5.56 Å². The molecule has 0 saturated carbocycles. The molecule has 1 aromatic heterocycles. The zero-order valence-electron chi connectivity index (χ0n) is 18.5. The average molecular weight is 431 g/mol. The molecule has 8 nitrogen and oxygen atoms in total. The summed E-state index contributed by atoms with van der Waals surface area (Å²) in [7, 11) is 0. The first-order valence-electron chi connectivity index (χ1n) is 11.4. The van der Waals surface area contributed by atoms with Gasteiger partial charge in [0, 0.05) is 63.0 Å². The van der Waals surface area contributed by atoms with E-state index in [0.29, 0.717) is 45.8 Å². The third-order valence-corrected chi connectivity index (χ3v) is 6.61. The Hall–Kier alpha value is -2.03. The Morgan fingerprint density at radius 3 is 2.65 bits per heavy atom. The minimum atomic E-state index is -0.139. The van der Waals surface area contributed by atoms with Crippen molar-refractivity contribution in [1.29, 1.82) is 0 Å². The molecule has 3 fully saturated rings. The van der Waals surface area contributed by atoms with E-state index in [1.54, 1.807) is 0 Å². The van der Waals surface area contributed by atoms with Crippen molar-refractivity contribution in [2.24, 2.45) is 11.8 Å². The number of carbonyl (C=O) groups is 2. The van der Waals surface area contributed by atoms with Crippen molar-refractivity contribution in [3.8, 4) is 0 Å². The molecule has 8 heteroatoms. The largest absolute Gasteiger partial charge is 0.378 e. The van der Waals surface area contributed by atoms with Crippen molar-refractivity contribution in [2.75, 3.05) is 39.5 Å². The molecule has 0 aliphatic carbocycles. The van der Waals surface area contributed by atoms with Gasteiger partial charge in [0.25, 0.3) is 0 Å². The van der Waals surface area contributed by atoms with Gasteiger partial charge in [0.1, 0.15) is 0 Å². The number of nitrogens with zero attached hydrogens (tertiary/aromatic N) is 3. The summed E-state index contributed by atoms with van der Waals surface area (Å²) >= 11 is 0. The number of amides is 2. The Morgan fingerprint density at radius 1 is 1.19 bits per heavy atom. The lowest BCUT2D eigenvalue weighted by Crippen LogP contribution is -2.43. The number of ether oxygens (including phenoxy) is 2. The molecule has 1 aromatic rings. The van der Waals surface area contributed by atoms with Gasteiger partial charge in [-0.25, -0.2) is 0 Å². The van der Waals surface area contributed by atoms with Crippen molar-refractivity contribution in [2.45, 2.75) is 51.4 Å². The van der Waals surface area contributed by atoms with Gasteiger partial charge >= 0.3 is 0 Å². The smallest absolute Gasteiger partial charge is 0.225 e. The fraction of sp³-hybridized carbons (Fsp3) is 0.696. The van der Waals surface area contributed by atoms with Gasteiger partial charge in [-0.2, -0.15) is 0 Å². The monoisotopic (exact) mass is 430 g/mol. The molecule has 0 bridgehead atoms. The maximum atomic E-state index is 12.9. The number of hydrogen-bond acceptors (Lipinski definition) is 6. The number of fused-ring (bicyclic) bond motifs is 1. The Bertz CT molecular complexity index is 753. The van der Waals surface area contributed by atoms with Crippen molar-refractivity contribution < 1.29 is 19.1 Å². The fourth-order valence-electron chi connectivity index (χ4n) is 5.25. The molecule has 4 heterocycles. The van der Waals surface area contributed by atoms with Gasteiger partial charge in [-0.15, -0.1) is 0 Å². The number of hydrogen-bond donors (Lipinski definition) is 1. The molecule has 0 radical (unpaired) electrons. The lowest BCUT2D eigenvalue weighted by molar-refractivity contribution is -0.138. The van der Waals surface area contributed by atoms with Crippen LogP contribution in [0.4, 0.5) is 0 Å². The Balaban J connectivity index is 1.46. The first-order valence-corrected chi connectivity index (χ1v) is 11.4. The zero-order valence-corrected chi connectivity index (χ0v) is 18.5. The maximum Gasteiger partial charge on any atom is 0.225 e. The van der Waals surface area contributed by atoms with Gasteiger partial charge in [0.15, 0.2) is 0 Å². The molecular formula is C23H34N4O4. The van der Waals surface area contributed by atoms with Crippen molar-refractivity contribution in [3.63, 3.8) is 0 Å². The molecule has 1 N–H and O–H groups in total. The molecule has 3 aliphatic rings. The summed E-state index contributed by atoms with van der Waals surface area (Å²) in [6.45, 7) is 8.71. The lowest BCUT2D eigenvalue weighted by Gasteiger charge is -2.29. The predicted octanol–water partition coefficient (Wildman–Crippen LogP) is 1.06. The van der Waals surface area contributed by atoms with Gasteiger partial charge in [0.2, 0.25) is 11.8 Å². The highest BCUT2D eigenvalue weighted by atomic mass is 16.5. The third kappa shape index (κ3) is 5.42. The number of pyridine rings is 1. The van der Waals surface area contributed by atoms with Crippen LogP contribution < -0.4 is 5.32 Å². The van der Waals surface area contributed by atoms with E-state index in [-0.39, 0.29) is 41.8 Å². The second-order valence-electron chi connectivity index (χ2n) is 9.19. The van der Waals surface area contributed by atoms with Crippen LogP contribution in [0.1, 0.15) is 32.3 Å². The molecule has 4 rings (SSSR count). The predicted molar refractivity (Wildman–Crippen MR) is 115 cm³/mol. The molecule has 170 valence electrons. The maximum absolute atomic E-state index is 12.9. The van der Waals surface area contributed by atoms with E-state index in [9.17, 15) is 9.59 Å². The number of aromatic nitrogens is 1. The molecule has 3 saturated heterocycles. The molecule has 3 aliphatic heterocycles. The van der Waals surface area contributed by atoms with Crippen LogP contribution in [-0.2, 0) is 25.6 Å². The average Bonchev–Trinajstić information content (AvgIpc) is 3.31. The Labute approximate surface area is 184 Å². The Morgan fingerprint density at radius 2 is 1.94 bits per heavy atom. The third-order valence-electron chi connectivity index (χ3n) is 6.61. The van der Waals surface area contributed by atoms with Crippen LogP contribution in [0, 0.1) is 11.8 Å². The molecule has 2 amide bonds. The standard InChI is InChI=1S/C23H34N4O4/c1-16(2)25-21(28)11-18-14-27(13-17-3-5-24-6-4-17)19-15-31-20(23(18)19)12-22(29)26-7-9-30-10-8-26/h3-6,16,18-20,23H,7-15H2,1-2H3,(H,25,28)/t18-,19-,20+,23-/m1/s1. The van der Waals surface area contributed by atoms with Crippen molar-refractivity contribution in [3.05, 3.63) is 30.1 Å². The highest BCUT2D eigenvalue weighted by Crippen LogP contribution is 2.42. The summed E-state index contributed by atoms with van der Waals surface area (Å²) in [4.78, 5) is 33.9. The summed E-state index contributed by atoms with van der Waals surface area (Å²) in [6, 6.07) is 4.41. The molecule has 31 heavy (non-hydrogen) atoms. The molecule has 0 spiro atoms. The van der Waals surface area contributed by atoms with E-state index in [2.05, 4.69) is 15.2 Å². The van der Waals surface area contributed by atoms with Crippen molar-refractivity contribution in [1.82, 2.24) is 20.1 Å². The first-order chi connectivity index (χ1) is 15.0. The number of carbonyl (C=O) groups excluding carboxylic acids is 2. The van der Waals surface area contributed by atoms with E-state index in [1.807, 2.05) is 43.3 Å². The van der Waals surface area contributed by atoms with Crippen LogP contribution in [0.2, 0.25) is 0 Å². The van der Waals surface area contributed by atoms with Crippen LogP contribution >= 0.6 is 0 Å². The first kappa shape index (κ1) is 22.2. The second kappa shape index (κ2) is 10.1. The highest BCUT2D eigenvalue weighted by Gasteiger charge is 2.51. The minimum Gasteiger partial charge on any atom is -0.378 e. The molecule has 0 aromatic carbocycles. The van der Waals surface area contributed by atoms with Crippen LogP contribution in [-0.4, -0.2) is 84.2 Å². The van der Waals surface area contributed by atoms with E-state index < -0.39 is 0 Å². The second-order valence-corrected chi connectivity index (χ2v) is 9.19. The van der Waals surface area contributed by atoms with Crippen molar-refractivity contribution >= 4 is 11.8 Å². The number of likely N-dealkylation sites (tertiary alicyclic amines) is 1. The van der Waals surface area contributed by atoms with Crippen LogP contribution in [0.3, 0.4) is 0 Å². The summed E-state index contributed by atoms with van der Waals surface area (Å²) in [5.41, 5.74) is 1.20. The quantitative estimate of drug-likeness (QED) is 0.697. The number of morpholine rings is 1. The van der Waals surface area contributed by atoms with E-state index in [0.717, 1.165) is 13.1 Å². The topological polar surface area (TPSA) is 84.0 Å². The molecule has 4 atom stereocenters. The number of nitrogens with one attached hydrogen (secondary N) is 1. The zero-order chi connectivity index (χ0) is 21.8. The summed E-state index contributed by atoms with van der Waals surface area (Å²) in [5.74, 6) is 0.571. The van der Waals surface area contributed by atoms with Gasteiger partial charge < -0.3 is 19.7 Å². The van der Waals surface area contributed by atoms with Gasteiger partial charge in [-0.3, -0.25) is 19.5 Å². The molecular weight excluding hydrogens is 396 g/mol. The minimum absolute atomic E-state index is 0.0784. The highest BCUT2D eigenvalue weighted by molar-refractivity contribution is 5.77. The SMILES string of the molecule is CC(C)NC(=O)C[C@@H]1CN(Cc2ccncc2)[C@@H]2CO[C@@H](CC(=O)N3CCOCC3)[C@H]12. The van der Waals surface area contributed by atoms with Crippen LogP contribution in [0.25, 0.3) is 0 Å². The number of rotatable bonds is 7. The summed E-state index contributed by atoms with van der Waals surface area (Å²) in [6.07, 6.45) is 4.33. The fourth-order valence-corrected chi connectivity index (χ4v) is 5.25. The van der Waals surface area contributed by atoms with Gasteiger partial charge in [-0.05, 0) is 37.5 Å².